The SMILES string of the molecule is COc1ccc(OC)c(/C(O)=C2\C(=O)C(=O)N(c3ccccc3O)C2c2ccccc2)c1. The fourth-order valence-corrected chi connectivity index (χ4v) is 3.84. The summed E-state index contributed by atoms with van der Waals surface area (Å²) < 4.78 is 10.6. The Bertz CT molecular complexity index is 1220. The summed E-state index contributed by atoms with van der Waals surface area (Å²) in [6.07, 6.45) is 0. The Morgan fingerprint density at radius 2 is 1.59 bits per heavy atom. The first-order chi connectivity index (χ1) is 15.5. The van der Waals surface area contributed by atoms with Gasteiger partial charge in [-0.1, -0.05) is 42.5 Å². The van der Waals surface area contributed by atoms with Crippen molar-refractivity contribution in [2.45, 2.75) is 6.04 Å². The summed E-state index contributed by atoms with van der Waals surface area (Å²) in [4.78, 5) is 27.5. The number of aliphatic hydroxyl groups excluding tert-OH is 1. The molecule has 0 aromatic heterocycles. The second kappa shape index (κ2) is 8.47. The molecular weight excluding hydrogens is 410 g/mol. The smallest absolute Gasteiger partial charge is 0.300 e. The van der Waals surface area contributed by atoms with Gasteiger partial charge < -0.3 is 19.7 Å². The number of aromatic hydroxyl groups is 1. The van der Waals surface area contributed by atoms with Crippen molar-refractivity contribution in [3.63, 3.8) is 0 Å². The maximum Gasteiger partial charge on any atom is 0.300 e. The van der Waals surface area contributed by atoms with Crippen LogP contribution in [0.15, 0.2) is 78.4 Å². The Hall–Kier alpha value is -4.26. The van der Waals surface area contributed by atoms with E-state index < -0.39 is 23.5 Å². The number of Topliss-reactive ketones (excluding diaryl/α,β-unsaturated/α-hetero) is 1. The summed E-state index contributed by atoms with van der Waals surface area (Å²) in [7, 11) is 2.92. The number of phenolic OH excluding ortho intramolecular Hbond substituents is 1. The van der Waals surface area contributed by atoms with Crippen molar-refractivity contribution in [1.82, 2.24) is 0 Å². The first-order valence-electron chi connectivity index (χ1n) is 9.84. The summed E-state index contributed by atoms with van der Waals surface area (Å²) in [5, 5.41) is 21.7. The van der Waals surface area contributed by atoms with Crippen LogP contribution in [-0.2, 0) is 9.59 Å². The number of benzene rings is 3. The molecule has 7 nitrogen and oxygen atoms in total. The van der Waals surface area contributed by atoms with Crippen LogP contribution in [0.1, 0.15) is 17.2 Å². The van der Waals surface area contributed by atoms with E-state index in [0.29, 0.717) is 17.1 Å². The number of phenols is 1. The predicted octanol–water partition coefficient (Wildman–Crippen LogP) is 4.04. The molecule has 1 aliphatic heterocycles. The Morgan fingerprint density at radius 3 is 2.25 bits per heavy atom. The van der Waals surface area contributed by atoms with Gasteiger partial charge in [-0.2, -0.15) is 0 Å². The number of rotatable bonds is 5. The molecule has 7 heteroatoms. The number of carbonyl (C=O) groups excluding carboxylic acids is 2. The third-order valence-corrected chi connectivity index (χ3v) is 5.36. The van der Waals surface area contributed by atoms with Crippen LogP contribution in [0.3, 0.4) is 0 Å². The van der Waals surface area contributed by atoms with E-state index in [0.717, 1.165) is 0 Å². The van der Waals surface area contributed by atoms with Crippen molar-refractivity contribution in [1.29, 1.82) is 0 Å². The highest BCUT2D eigenvalue weighted by molar-refractivity contribution is 6.52. The van der Waals surface area contributed by atoms with Gasteiger partial charge in [-0.15, -0.1) is 0 Å². The normalized spacial score (nSPS) is 17.4. The van der Waals surface area contributed by atoms with Crippen LogP contribution in [0.25, 0.3) is 5.76 Å². The largest absolute Gasteiger partial charge is 0.507 e. The second-order valence-electron chi connectivity index (χ2n) is 7.13. The van der Waals surface area contributed by atoms with Crippen LogP contribution in [0.4, 0.5) is 5.69 Å². The van der Waals surface area contributed by atoms with E-state index in [-0.39, 0.29) is 22.6 Å². The topological polar surface area (TPSA) is 96.3 Å². The van der Waals surface area contributed by atoms with E-state index in [1.807, 2.05) is 0 Å². The number of amides is 1. The maximum absolute atomic E-state index is 13.2. The molecule has 32 heavy (non-hydrogen) atoms. The second-order valence-corrected chi connectivity index (χ2v) is 7.13. The molecule has 0 aliphatic carbocycles. The molecule has 1 saturated heterocycles. The Labute approximate surface area is 184 Å². The molecular formula is C25H21NO6. The monoisotopic (exact) mass is 431 g/mol. The third-order valence-electron chi connectivity index (χ3n) is 5.36. The summed E-state index contributed by atoms with van der Waals surface area (Å²) in [5.74, 6) is -1.53. The molecule has 0 spiro atoms. The van der Waals surface area contributed by atoms with Crippen LogP contribution in [0, 0.1) is 0 Å². The number of ether oxygens (including phenoxy) is 2. The summed E-state index contributed by atoms with van der Waals surface area (Å²) >= 11 is 0. The molecule has 0 radical (unpaired) electrons. The van der Waals surface area contributed by atoms with E-state index in [9.17, 15) is 19.8 Å². The molecule has 2 N–H and O–H groups in total. The molecule has 0 saturated carbocycles. The zero-order chi connectivity index (χ0) is 22.8. The van der Waals surface area contributed by atoms with Crippen LogP contribution < -0.4 is 14.4 Å². The average Bonchev–Trinajstić information content (AvgIpc) is 3.09. The number of anilines is 1. The van der Waals surface area contributed by atoms with Crippen molar-refractivity contribution in [3.05, 3.63) is 89.5 Å². The predicted molar refractivity (Wildman–Crippen MR) is 119 cm³/mol. The number of aliphatic hydroxyl groups is 1. The van der Waals surface area contributed by atoms with Crippen molar-refractivity contribution in [3.8, 4) is 17.2 Å². The molecule has 1 amide bonds. The van der Waals surface area contributed by atoms with Gasteiger partial charge in [0.25, 0.3) is 11.7 Å². The lowest BCUT2D eigenvalue weighted by Crippen LogP contribution is -2.29. The number of nitrogens with zero attached hydrogens (tertiary/aromatic N) is 1. The van der Waals surface area contributed by atoms with E-state index in [1.165, 1.54) is 31.3 Å². The summed E-state index contributed by atoms with van der Waals surface area (Å²) in [5.41, 5.74) is 0.859. The molecule has 3 aromatic carbocycles. The lowest BCUT2D eigenvalue weighted by molar-refractivity contribution is -0.132. The fraction of sp³-hybridized carbons (Fsp3) is 0.120. The van der Waals surface area contributed by atoms with E-state index in [1.54, 1.807) is 60.7 Å². The van der Waals surface area contributed by atoms with Gasteiger partial charge in [0.05, 0.1) is 37.1 Å². The molecule has 3 aromatic rings. The highest BCUT2D eigenvalue weighted by atomic mass is 16.5. The number of hydrogen-bond donors (Lipinski definition) is 2. The Balaban J connectivity index is 2.00. The molecule has 0 bridgehead atoms. The van der Waals surface area contributed by atoms with Gasteiger partial charge >= 0.3 is 0 Å². The standard InChI is InChI=1S/C25H21NO6/c1-31-16-12-13-20(32-2)17(14-16)23(28)21-22(15-8-4-3-5-9-15)26(25(30)24(21)29)18-10-6-7-11-19(18)27/h3-14,22,27-28H,1-2H3/b23-21+. The quantitative estimate of drug-likeness (QED) is 0.360. The minimum Gasteiger partial charge on any atom is -0.507 e. The molecule has 1 atom stereocenters. The average molecular weight is 431 g/mol. The van der Waals surface area contributed by atoms with Gasteiger partial charge in [-0.3, -0.25) is 14.5 Å². The van der Waals surface area contributed by atoms with Gasteiger partial charge in [0.2, 0.25) is 0 Å². The maximum atomic E-state index is 13.2. The summed E-state index contributed by atoms with van der Waals surface area (Å²) in [6, 6.07) is 18.9. The van der Waals surface area contributed by atoms with Crippen molar-refractivity contribution in [2.75, 3.05) is 19.1 Å². The van der Waals surface area contributed by atoms with E-state index in [2.05, 4.69) is 0 Å². The minimum absolute atomic E-state index is 0.115. The molecule has 4 rings (SSSR count). The van der Waals surface area contributed by atoms with Gasteiger partial charge in [-0.25, -0.2) is 0 Å². The first-order valence-corrected chi connectivity index (χ1v) is 9.84. The number of para-hydroxylation sites is 2. The molecule has 1 aliphatic rings. The molecule has 1 fully saturated rings. The lowest BCUT2D eigenvalue weighted by atomic mass is 9.94. The van der Waals surface area contributed by atoms with Crippen LogP contribution in [-0.4, -0.2) is 36.1 Å². The first kappa shape index (κ1) is 21.0. The number of ketones is 1. The third kappa shape index (κ3) is 3.43. The highest BCUT2D eigenvalue weighted by Gasteiger charge is 2.47. The Morgan fingerprint density at radius 1 is 0.906 bits per heavy atom. The zero-order valence-electron chi connectivity index (χ0n) is 17.5. The van der Waals surface area contributed by atoms with E-state index in [4.69, 9.17) is 9.47 Å². The Kier molecular flexibility index (Phi) is 5.55. The number of methoxy groups -OCH3 is 2. The van der Waals surface area contributed by atoms with Crippen LogP contribution >= 0.6 is 0 Å². The molecule has 1 unspecified atom stereocenters. The highest BCUT2D eigenvalue weighted by Crippen LogP contribution is 2.45. The summed E-state index contributed by atoms with van der Waals surface area (Å²) in [6.45, 7) is 0. The van der Waals surface area contributed by atoms with Gasteiger partial charge in [-0.05, 0) is 35.9 Å². The lowest BCUT2D eigenvalue weighted by Gasteiger charge is -2.26. The van der Waals surface area contributed by atoms with Crippen molar-refractivity contribution < 1.29 is 29.3 Å². The minimum atomic E-state index is -0.958. The number of carbonyl (C=O) groups is 2. The fourth-order valence-electron chi connectivity index (χ4n) is 3.84. The van der Waals surface area contributed by atoms with Crippen molar-refractivity contribution >= 4 is 23.1 Å². The van der Waals surface area contributed by atoms with Crippen LogP contribution in [0.5, 0.6) is 17.2 Å². The van der Waals surface area contributed by atoms with Crippen molar-refractivity contribution in [2.24, 2.45) is 0 Å². The zero-order valence-corrected chi connectivity index (χ0v) is 17.5. The van der Waals surface area contributed by atoms with Gasteiger partial charge in [0, 0.05) is 0 Å². The molecule has 162 valence electrons. The van der Waals surface area contributed by atoms with Crippen LogP contribution in [0.2, 0.25) is 0 Å². The number of hydrogen-bond acceptors (Lipinski definition) is 6. The van der Waals surface area contributed by atoms with Gasteiger partial charge in [0.15, 0.2) is 0 Å². The molecule has 1 heterocycles. The van der Waals surface area contributed by atoms with E-state index >= 15 is 0 Å². The van der Waals surface area contributed by atoms with Gasteiger partial charge in [0.1, 0.15) is 23.0 Å².